The van der Waals surface area contributed by atoms with Gasteiger partial charge in [-0.2, -0.15) is 0 Å². The van der Waals surface area contributed by atoms with E-state index >= 15 is 0 Å². The Labute approximate surface area is 190 Å². The Bertz CT molecular complexity index is 825. The summed E-state index contributed by atoms with van der Waals surface area (Å²) >= 11 is 0. The second-order valence-electron chi connectivity index (χ2n) is 10.00. The van der Waals surface area contributed by atoms with Gasteiger partial charge in [-0.25, -0.2) is 0 Å². The van der Waals surface area contributed by atoms with E-state index in [-0.39, 0.29) is 16.9 Å². The van der Waals surface area contributed by atoms with Crippen LogP contribution < -0.4 is 0 Å². The number of hydrogen-bond acceptors (Lipinski definition) is 2. The molecule has 3 saturated carbocycles. The molecule has 4 rings (SSSR count). The highest BCUT2D eigenvalue weighted by Crippen LogP contribution is 2.67. The minimum atomic E-state index is -0.531. The van der Waals surface area contributed by atoms with Crippen LogP contribution in [0, 0.1) is 28.6 Å². The summed E-state index contributed by atoms with van der Waals surface area (Å²) in [7, 11) is 0. The van der Waals surface area contributed by atoms with Crippen molar-refractivity contribution in [3.8, 4) is 11.8 Å². The SMILES string of the molecule is C=C1/C(=C\C=C2/CCCC3(C)C(C4(CC#CC(C)O)CC4)=CCC23)CCCC1O.CC. The van der Waals surface area contributed by atoms with Crippen molar-refractivity contribution in [1.82, 2.24) is 0 Å². The molecule has 31 heavy (non-hydrogen) atoms. The predicted molar refractivity (Wildman–Crippen MR) is 130 cm³/mol. The van der Waals surface area contributed by atoms with Gasteiger partial charge in [0.15, 0.2) is 0 Å². The number of aliphatic hydroxyl groups excluding tert-OH is 2. The Morgan fingerprint density at radius 1 is 1.19 bits per heavy atom. The minimum absolute atomic E-state index is 0.259. The van der Waals surface area contributed by atoms with Crippen molar-refractivity contribution >= 4 is 0 Å². The highest BCUT2D eigenvalue weighted by Gasteiger charge is 2.56. The fourth-order valence-corrected chi connectivity index (χ4v) is 6.13. The Morgan fingerprint density at radius 2 is 1.94 bits per heavy atom. The van der Waals surface area contributed by atoms with Gasteiger partial charge in [0.25, 0.3) is 0 Å². The first-order valence-electron chi connectivity index (χ1n) is 12.5. The van der Waals surface area contributed by atoms with Gasteiger partial charge < -0.3 is 10.2 Å². The number of aliphatic hydroxyl groups is 2. The van der Waals surface area contributed by atoms with E-state index in [2.05, 4.69) is 43.6 Å². The average molecular weight is 423 g/mol. The molecule has 0 amide bonds. The summed E-state index contributed by atoms with van der Waals surface area (Å²) in [6, 6.07) is 0. The Hall–Kier alpha value is -1.56. The molecule has 0 aromatic heterocycles. The molecule has 0 heterocycles. The Morgan fingerprint density at radius 3 is 2.61 bits per heavy atom. The van der Waals surface area contributed by atoms with Crippen molar-refractivity contribution in [3.63, 3.8) is 0 Å². The lowest BCUT2D eigenvalue weighted by Gasteiger charge is -2.43. The highest BCUT2D eigenvalue weighted by atomic mass is 16.3. The molecule has 4 atom stereocenters. The fraction of sp³-hybridized carbons (Fsp3) is 0.655. The minimum Gasteiger partial charge on any atom is -0.388 e. The van der Waals surface area contributed by atoms with E-state index in [9.17, 15) is 10.2 Å². The molecule has 2 heteroatoms. The molecule has 170 valence electrons. The van der Waals surface area contributed by atoms with Crippen LogP contribution in [0.5, 0.6) is 0 Å². The third-order valence-electron chi connectivity index (χ3n) is 7.95. The number of allylic oxidation sites excluding steroid dienone is 5. The maximum absolute atomic E-state index is 10.1. The normalized spacial score (nSPS) is 34.8. The molecule has 2 N–H and O–H groups in total. The standard InChI is InChI=1S/C27H36O2.C2H6/c1-19(28)7-5-16-27(17-18-27)25-14-13-23-22(9-6-15-26(23,25)3)12-11-21-8-4-10-24(29)20(21)2;1-2/h11-12,14,19,23-24,28-29H,2,4,6,8-10,13,15-18H2,1,3H3;1-2H3/b21-11-,22-12+;. The number of fused-ring (bicyclic) bond motifs is 1. The van der Waals surface area contributed by atoms with Crippen LogP contribution in [0.1, 0.15) is 91.9 Å². The van der Waals surface area contributed by atoms with E-state index in [0.29, 0.717) is 5.92 Å². The van der Waals surface area contributed by atoms with Gasteiger partial charge in [0.05, 0.1) is 6.10 Å². The number of hydrogen-bond donors (Lipinski definition) is 2. The highest BCUT2D eigenvalue weighted by molar-refractivity contribution is 5.42. The molecule has 4 unspecified atom stereocenters. The van der Waals surface area contributed by atoms with Crippen LogP contribution in [0.15, 0.2) is 47.1 Å². The molecule has 0 aliphatic heterocycles. The van der Waals surface area contributed by atoms with E-state index in [4.69, 9.17) is 0 Å². The van der Waals surface area contributed by atoms with Gasteiger partial charge in [0.2, 0.25) is 0 Å². The van der Waals surface area contributed by atoms with Crippen molar-refractivity contribution in [2.45, 2.75) is 104 Å². The first-order chi connectivity index (χ1) is 14.9. The molecule has 0 saturated heterocycles. The maximum atomic E-state index is 10.1. The van der Waals surface area contributed by atoms with E-state index < -0.39 is 6.10 Å². The van der Waals surface area contributed by atoms with Crippen LogP contribution >= 0.6 is 0 Å². The Kier molecular flexibility index (Phi) is 7.72. The molecule has 0 radical (unpaired) electrons. The van der Waals surface area contributed by atoms with E-state index in [0.717, 1.165) is 37.7 Å². The van der Waals surface area contributed by atoms with Crippen molar-refractivity contribution in [3.05, 3.63) is 47.1 Å². The summed E-state index contributed by atoms with van der Waals surface area (Å²) in [6.07, 6.45) is 17.5. The van der Waals surface area contributed by atoms with Crippen molar-refractivity contribution in [1.29, 1.82) is 0 Å². The lowest BCUT2D eigenvalue weighted by atomic mass is 9.61. The van der Waals surface area contributed by atoms with Crippen LogP contribution in [0.2, 0.25) is 0 Å². The Balaban J connectivity index is 0.00000132. The third kappa shape index (κ3) is 4.94. The summed E-state index contributed by atoms with van der Waals surface area (Å²) in [5.74, 6) is 6.82. The van der Waals surface area contributed by atoms with Gasteiger partial charge >= 0.3 is 0 Å². The smallest absolute Gasteiger partial charge is 0.111 e. The third-order valence-corrected chi connectivity index (χ3v) is 7.95. The molecular formula is C29H42O2. The zero-order valence-corrected chi connectivity index (χ0v) is 20.1. The largest absolute Gasteiger partial charge is 0.388 e. The van der Waals surface area contributed by atoms with Gasteiger partial charge in [-0.1, -0.05) is 68.6 Å². The average Bonchev–Trinajstić information content (AvgIpc) is 3.43. The second-order valence-corrected chi connectivity index (χ2v) is 10.00. The van der Waals surface area contributed by atoms with Crippen molar-refractivity contribution in [2.24, 2.45) is 16.7 Å². The lowest BCUT2D eigenvalue weighted by molar-refractivity contribution is 0.191. The van der Waals surface area contributed by atoms with Gasteiger partial charge in [-0.05, 0) is 87.2 Å². The summed E-state index contributed by atoms with van der Waals surface area (Å²) in [5, 5.41) is 19.6. The van der Waals surface area contributed by atoms with Crippen LogP contribution in [-0.2, 0) is 0 Å². The quantitative estimate of drug-likeness (QED) is 0.394. The first-order valence-corrected chi connectivity index (χ1v) is 12.5. The zero-order chi connectivity index (χ0) is 22.6. The van der Waals surface area contributed by atoms with Gasteiger partial charge in [0, 0.05) is 11.8 Å². The monoisotopic (exact) mass is 422 g/mol. The summed E-state index contributed by atoms with van der Waals surface area (Å²) in [6.45, 7) is 12.4. The van der Waals surface area contributed by atoms with Crippen LogP contribution in [0.25, 0.3) is 0 Å². The van der Waals surface area contributed by atoms with Crippen LogP contribution in [-0.4, -0.2) is 22.4 Å². The number of rotatable bonds is 3. The molecule has 0 aromatic carbocycles. The molecule has 4 aliphatic rings. The second kappa shape index (κ2) is 9.93. The van der Waals surface area contributed by atoms with Gasteiger partial charge in [0.1, 0.15) is 6.10 Å². The van der Waals surface area contributed by atoms with Crippen molar-refractivity contribution in [2.75, 3.05) is 0 Å². The topological polar surface area (TPSA) is 40.5 Å². The molecule has 2 nitrogen and oxygen atoms in total. The zero-order valence-electron chi connectivity index (χ0n) is 20.1. The summed E-state index contributed by atoms with van der Waals surface area (Å²) in [4.78, 5) is 0. The van der Waals surface area contributed by atoms with Crippen LogP contribution in [0.3, 0.4) is 0 Å². The maximum Gasteiger partial charge on any atom is 0.111 e. The first kappa shape index (κ1) is 24.1. The molecule has 0 aromatic rings. The van der Waals surface area contributed by atoms with Crippen LogP contribution in [0.4, 0.5) is 0 Å². The van der Waals surface area contributed by atoms with E-state index in [1.807, 2.05) is 13.8 Å². The fourth-order valence-electron chi connectivity index (χ4n) is 6.13. The lowest BCUT2D eigenvalue weighted by Crippen LogP contribution is -2.33. The van der Waals surface area contributed by atoms with Gasteiger partial charge in [-0.3, -0.25) is 0 Å². The van der Waals surface area contributed by atoms with Gasteiger partial charge in [-0.15, -0.1) is 0 Å². The van der Waals surface area contributed by atoms with Crippen molar-refractivity contribution < 1.29 is 10.2 Å². The molecule has 0 bridgehead atoms. The van der Waals surface area contributed by atoms with E-state index in [1.165, 1.54) is 37.7 Å². The molecule has 3 fully saturated rings. The molecule has 0 spiro atoms. The van der Waals surface area contributed by atoms with E-state index in [1.54, 1.807) is 18.1 Å². The summed E-state index contributed by atoms with van der Waals surface area (Å²) in [5.41, 5.74) is 5.93. The predicted octanol–water partition coefficient (Wildman–Crippen LogP) is 6.66. The molecule has 4 aliphatic carbocycles. The molecular weight excluding hydrogens is 380 g/mol. The summed E-state index contributed by atoms with van der Waals surface area (Å²) < 4.78 is 0.